The summed E-state index contributed by atoms with van der Waals surface area (Å²) in [6.07, 6.45) is 4.88. The van der Waals surface area contributed by atoms with Gasteiger partial charge in [0.15, 0.2) is 0 Å². The molecule has 0 aliphatic heterocycles. The topological polar surface area (TPSA) is 0 Å². The van der Waals surface area contributed by atoms with Crippen molar-refractivity contribution in [3.05, 3.63) is 79.9 Å². The summed E-state index contributed by atoms with van der Waals surface area (Å²) in [5.41, 5.74) is 14.0. The standard InChI is InChI=1S/2C15H19.C2H7Si.2ClH.Zr/c2*1-10-8-12-11(2)6-7-14(13(12)9-10)15(3,4)5;1-3-2;;;/h2*6-9H,1-5H3;3H,1-2H3;2*1H;/q;;;;;+2/p-2. The number of benzene rings is 2. The molecule has 36 heavy (non-hydrogen) atoms. The molecule has 0 nitrogen and oxygen atoms in total. The van der Waals surface area contributed by atoms with E-state index < -0.39 is 21.5 Å². The van der Waals surface area contributed by atoms with Crippen LogP contribution in [0.15, 0.2) is 35.4 Å². The molecule has 0 saturated heterocycles. The molecule has 0 N–H and O–H groups in total. The van der Waals surface area contributed by atoms with Gasteiger partial charge in [-0.25, -0.2) is 0 Å². The van der Waals surface area contributed by atoms with Crippen molar-refractivity contribution in [3.63, 3.8) is 0 Å². The first-order valence-corrected chi connectivity index (χ1v) is 29.8. The van der Waals surface area contributed by atoms with E-state index >= 15 is 0 Å². The first kappa shape index (κ1) is 28.6. The van der Waals surface area contributed by atoms with Gasteiger partial charge in [-0.05, 0) is 0 Å². The summed E-state index contributed by atoms with van der Waals surface area (Å²) in [4.78, 5) is 0. The van der Waals surface area contributed by atoms with Crippen LogP contribution in [0.5, 0.6) is 0 Å². The fraction of sp³-hybridized carbons (Fsp3) is 0.500. The van der Waals surface area contributed by atoms with Crippen LogP contribution in [0.3, 0.4) is 0 Å². The Bertz CT molecular complexity index is 1220. The molecule has 2 aliphatic rings. The quantitative estimate of drug-likeness (QED) is 0.300. The zero-order chi connectivity index (χ0) is 27.2. The predicted molar refractivity (Wildman–Crippen MR) is 163 cm³/mol. The molecule has 4 heteroatoms. The van der Waals surface area contributed by atoms with Crippen LogP contribution in [-0.4, -0.2) is 5.92 Å². The average Bonchev–Trinajstić information content (AvgIpc) is 3.25. The Balaban J connectivity index is 2.07. The Morgan fingerprint density at radius 1 is 0.639 bits per heavy atom. The molecule has 0 saturated carbocycles. The molecule has 195 valence electrons. The van der Waals surface area contributed by atoms with E-state index in [4.69, 9.17) is 17.0 Å². The van der Waals surface area contributed by atoms with Gasteiger partial charge in [0.05, 0.1) is 0 Å². The van der Waals surface area contributed by atoms with Crippen LogP contribution in [-0.2, 0) is 26.4 Å². The Hall–Kier alpha value is -0.400. The molecule has 4 rings (SSSR count). The van der Waals surface area contributed by atoms with Crippen molar-refractivity contribution in [2.75, 3.05) is 0 Å². The third-order valence-corrected chi connectivity index (χ3v) is 61.2. The second-order valence-electron chi connectivity index (χ2n) is 14.0. The van der Waals surface area contributed by atoms with Gasteiger partial charge in [0.2, 0.25) is 0 Å². The summed E-state index contributed by atoms with van der Waals surface area (Å²) in [6.45, 7) is 27.9. The Morgan fingerprint density at radius 2 is 0.972 bits per heavy atom. The van der Waals surface area contributed by atoms with Crippen molar-refractivity contribution in [2.24, 2.45) is 0 Å². The molecule has 2 aromatic carbocycles. The summed E-state index contributed by atoms with van der Waals surface area (Å²) in [5.74, 6) is -1.51. The summed E-state index contributed by atoms with van der Waals surface area (Å²) < 4.78 is 0.325. The van der Waals surface area contributed by atoms with E-state index in [1.807, 2.05) is 0 Å². The van der Waals surface area contributed by atoms with Crippen LogP contribution >= 0.6 is 17.0 Å². The minimum atomic E-state index is -4.62. The monoisotopic (exact) mass is 617 g/mol. The number of halogens is 2. The summed E-state index contributed by atoms with van der Waals surface area (Å²) >= 11 is -4.62. The van der Waals surface area contributed by atoms with E-state index in [2.05, 4.69) is 119 Å². The van der Waals surface area contributed by atoms with Crippen LogP contribution in [0, 0.1) is 13.8 Å². The number of allylic oxidation sites excluding steroid dienone is 2. The molecule has 0 spiro atoms. The van der Waals surface area contributed by atoms with Crippen LogP contribution < -0.4 is 0 Å². The first-order valence-electron chi connectivity index (χ1n) is 13.5. The number of fused-ring (bicyclic) bond motifs is 2. The number of rotatable bonds is 3. The molecular weight excluding hydrogens is 575 g/mol. The third kappa shape index (κ3) is 4.08. The second kappa shape index (κ2) is 8.81. The molecule has 0 bridgehead atoms. The third-order valence-electron chi connectivity index (χ3n) is 9.06. The maximum absolute atomic E-state index is 8.42. The van der Waals surface area contributed by atoms with Gasteiger partial charge < -0.3 is 0 Å². The van der Waals surface area contributed by atoms with Gasteiger partial charge >= 0.3 is 231 Å². The first-order chi connectivity index (χ1) is 16.3. The molecule has 2 aromatic rings. The zero-order valence-corrected chi connectivity index (χ0v) is 29.6. The van der Waals surface area contributed by atoms with Crippen LogP contribution in [0.4, 0.5) is 0 Å². The zero-order valence-electron chi connectivity index (χ0n) is 24.5. The van der Waals surface area contributed by atoms with Crippen molar-refractivity contribution < 1.29 is 15.6 Å². The molecule has 2 unspecified atom stereocenters. The summed E-state index contributed by atoms with van der Waals surface area (Å²) in [5, 5.41) is 0. The van der Waals surface area contributed by atoms with Crippen molar-refractivity contribution in [3.8, 4) is 0 Å². The molecule has 0 aromatic heterocycles. The van der Waals surface area contributed by atoms with Crippen LogP contribution in [0.2, 0.25) is 13.1 Å². The van der Waals surface area contributed by atoms with E-state index in [0.717, 1.165) is 0 Å². The van der Waals surface area contributed by atoms with Crippen molar-refractivity contribution in [1.29, 1.82) is 0 Å². The van der Waals surface area contributed by atoms with Crippen LogP contribution in [0.1, 0.15) is 107 Å². The van der Waals surface area contributed by atoms with Crippen molar-refractivity contribution >= 4 is 35.1 Å². The molecule has 0 amide bonds. The fourth-order valence-electron chi connectivity index (χ4n) is 7.21. The predicted octanol–water partition coefficient (Wildman–Crippen LogP) is 10.5. The van der Waals surface area contributed by atoms with Crippen molar-refractivity contribution in [1.82, 2.24) is 0 Å². The van der Waals surface area contributed by atoms with E-state index in [1.165, 1.54) is 55.7 Å². The molecule has 0 fully saturated rings. The van der Waals surface area contributed by atoms with Gasteiger partial charge in [-0.3, -0.25) is 0 Å². The molecule has 0 heterocycles. The van der Waals surface area contributed by atoms with Gasteiger partial charge in [0.1, 0.15) is 0 Å². The number of aryl methyl sites for hydroxylation is 2. The summed E-state index contributed by atoms with van der Waals surface area (Å²) in [7, 11) is 16.8. The number of hydrogen-bond donors (Lipinski definition) is 0. The average molecular weight is 620 g/mol. The maximum atomic E-state index is 8.42. The molecule has 2 aliphatic carbocycles. The second-order valence-corrected chi connectivity index (χ2v) is 56.5. The van der Waals surface area contributed by atoms with Gasteiger partial charge in [-0.15, -0.1) is 0 Å². The SMILES string of the molecule is CC1=Cc2c(C(C)(C)C)ccc(C)c2[CH]1[Zr]([Cl])([Cl])([CH]1C(C)=Cc2c(C(C)(C)C)ccc(C)c21)[SiH](C)C. The van der Waals surface area contributed by atoms with Gasteiger partial charge in [-0.1, -0.05) is 0 Å². The van der Waals surface area contributed by atoms with Crippen molar-refractivity contribution in [2.45, 2.75) is 100 Å². The van der Waals surface area contributed by atoms with Crippen LogP contribution in [0.25, 0.3) is 12.2 Å². The Kier molecular flexibility index (Phi) is 7.00. The van der Waals surface area contributed by atoms with E-state index in [-0.39, 0.29) is 18.1 Å². The van der Waals surface area contributed by atoms with E-state index in [0.29, 0.717) is 0 Å². The molecule has 0 radical (unpaired) electrons. The normalized spacial score (nSPS) is 21.1. The molecular formula is C32H45Cl2SiZr. The van der Waals surface area contributed by atoms with Gasteiger partial charge in [0, 0.05) is 0 Å². The minimum absolute atomic E-state index is 0.0661. The molecule has 2 atom stereocenters. The fourth-order valence-corrected chi connectivity index (χ4v) is 40.2. The van der Waals surface area contributed by atoms with Gasteiger partial charge in [-0.2, -0.15) is 0 Å². The van der Waals surface area contributed by atoms with Gasteiger partial charge in [0.25, 0.3) is 0 Å². The van der Waals surface area contributed by atoms with E-state index in [9.17, 15) is 0 Å². The Labute approximate surface area is 229 Å². The Morgan fingerprint density at radius 3 is 1.25 bits per heavy atom. The van der Waals surface area contributed by atoms with E-state index in [1.54, 1.807) is 0 Å². The summed E-state index contributed by atoms with van der Waals surface area (Å²) in [6, 6.07) is 9.29. The number of hydrogen-bond acceptors (Lipinski definition) is 0.